The second kappa shape index (κ2) is 6.72. The van der Waals surface area contributed by atoms with E-state index in [4.69, 9.17) is 4.74 Å². The molecule has 0 spiro atoms. The number of halogens is 3. The summed E-state index contributed by atoms with van der Waals surface area (Å²) < 4.78 is 42.7. The number of ether oxygens (including phenoxy) is 1. The lowest BCUT2D eigenvalue weighted by atomic mass is 10.3. The number of nitrogens with one attached hydrogen (secondary N) is 1. The fourth-order valence-electron chi connectivity index (χ4n) is 1.33. The minimum atomic E-state index is -4.40. The molecule has 2 N–H and O–H groups in total. The molecule has 5 nitrogen and oxygen atoms in total. The van der Waals surface area contributed by atoms with Crippen molar-refractivity contribution in [2.45, 2.75) is 18.8 Å². The van der Waals surface area contributed by atoms with Gasteiger partial charge in [0.1, 0.15) is 0 Å². The molecule has 1 atom stereocenters. The largest absolute Gasteiger partial charge is 0.419 e. The van der Waals surface area contributed by atoms with Gasteiger partial charge in [0.25, 0.3) is 0 Å². The van der Waals surface area contributed by atoms with Gasteiger partial charge in [0.15, 0.2) is 0 Å². The van der Waals surface area contributed by atoms with Gasteiger partial charge >= 0.3 is 6.18 Å². The number of nitrogens with zero attached hydrogens (tertiary/aromatic N) is 2. The fraction of sp³-hybridized carbons (Fsp3) is 0.700. The molecule has 0 saturated carbocycles. The summed E-state index contributed by atoms with van der Waals surface area (Å²) >= 11 is 0. The molecule has 1 heterocycles. The van der Waals surface area contributed by atoms with E-state index in [1.165, 1.54) is 0 Å². The summed E-state index contributed by atoms with van der Waals surface area (Å²) in [5, 5.41) is 16.0. The second-order valence-corrected chi connectivity index (χ2v) is 3.80. The predicted molar refractivity (Wildman–Crippen MR) is 58.0 cm³/mol. The van der Waals surface area contributed by atoms with Gasteiger partial charge in [-0.2, -0.15) is 18.3 Å². The van der Waals surface area contributed by atoms with Crippen LogP contribution >= 0.6 is 0 Å². The van der Waals surface area contributed by atoms with Crippen molar-refractivity contribution in [2.24, 2.45) is 0 Å². The number of aliphatic hydroxyl groups excluding tert-OH is 1. The molecular weight excluding hydrogens is 251 g/mol. The Balaban J connectivity index is 2.35. The van der Waals surface area contributed by atoms with Crippen LogP contribution in [-0.4, -0.2) is 47.8 Å². The van der Waals surface area contributed by atoms with Crippen LogP contribution in [0.4, 0.5) is 13.2 Å². The van der Waals surface area contributed by atoms with E-state index < -0.39 is 17.8 Å². The van der Waals surface area contributed by atoms with E-state index in [1.54, 1.807) is 7.11 Å². The Morgan fingerprint density at radius 2 is 2.28 bits per heavy atom. The zero-order valence-electron chi connectivity index (χ0n) is 9.94. The van der Waals surface area contributed by atoms with Crippen LogP contribution in [0.3, 0.4) is 0 Å². The van der Waals surface area contributed by atoms with Crippen molar-refractivity contribution in [1.29, 1.82) is 0 Å². The lowest BCUT2D eigenvalue weighted by Crippen LogP contribution is -2.32. The number of aromatic nitrogens is 2. The first kappa shape index (κ1) is 14.9. The predicted octanol–water partition coefficient (Wildman–Crippen LogP) is 0.499. The summed E-state index contributed by atoms with van der Waals surface area (Å²) in [5.74, 6) is 0. The van der Waals surface area contributed by atoms with Crippen LogP contribution < -0.4 is 5.32 Å². The summed E-state index contributed by atoms with van der Waals surface area (Å²) in [6.07, 6.45) is -3.59. The van der Waals surface area contributed by atoms with Crippen LogP contribution in [0.1, 0.15) is 5.56 Å². The maximum absolute atomic E-state index is 12.3. The average Bonchev–Trinajstić information content (AvgIpc) is 2.72. The minimum absolute atomic E-state index is 0.00998. The number of hydrogen-bond donors (Lipinski definition) is 2. The number of rotatable bonds is 7. The Kier molecular flexibility index (Phi) is 5.57. The molecule has 0 fully saturated rings. The minimum Gasteiger partial charge on any atom is -0.390 e. The highest BCUT2D eigenvalue weighted by Crippen LogP contribution is 2.28. The van der Waals surface area contributed by atoms with E-state index in [-0.39, 0.29) is 13.1 Å². The summed E-state index contributed by atoms with van der Waals surface area (Å²) in [4.78, 5) is 0. The van der Waals surface area contributed by atoms with Gasteiger partial charge in [-0.1, -0.05) is 0 Å². The highest BCUT2D eigenvalue weighted by molar-refractivity contribution is 5.08. The van der Waals surface area contributed by atoms with Crippen molar-refractivity contribution < 1.29 is 23.0 Å². The van der Waals surface area contributed by atoms with E-state index in [0.29, 0.717) is 13.2 Å². The van der Waals surface area contributed by atoms with Gasteiger partial charge in [-0.05, 0) is 0 Å². The summed E-state index contributed by atoms with van der Waals surface area (Å²) in [6, 6.07) is 0. The normalized spacial score (nSPS) is 13.8. The fourth-order valence-corrected chi connectivity index (χ4v) is 1.33. The van der Waals surface area contributed by atoms with Crippen LogP contribution in [0.2, 0.25) is 0 Å². The third-order valence-corrected chi connectivity index (χ3v) is 2.22. The Hall–Kier alpha value is -1.12. The zero-order chi connectivity index (χ0) is 13.6. The molecule has 1 aromatic rings. The molecule has 0 aromatic carbocycles. The molecule has 0 saturated heterocycles. The smallest absolute Gasteiger partial charge is 0.390 e. The summed E-state index contributed by atoms with van der Waals surface area (Å²) in [5.41, 5.74) is -0.818. The zero-order valence-corrected chi connectivity index (χ0v) is 9.94. The molecule has 0 aliphatic heterocycles. The van der Waals surface area contributed by atoms with Gasteiger partial charge < -0.3 is 15.2 Å². The lowest BCUT2D eigenvalue weighted by molar-refractivity contribution is -0.137. The highest BCUT2D eigenvalue weighted by atomic mass is 19.4. The highest BCUT2D eigenvalue weighted by Gasteiger charge is 2.32. The maximum atomic E-state index is 12.3. The number of alkyl halides is 3. The van der Waals surface area contributed by atoms with Crippen LogP contribution in [-0.2, 0) is 17.5 Å². The number of methoxy groups -OCH3 is 1. The van der Waals surface area contributed by atoms with Crippen molar-refractivity contribution in [1.82, 2.24) is 15.1 Å². The molecule has 0 amide bonds. The van der Waals surface area contributed by atoms with Crippen molar-refractivity contribution in [2.75, 3.05) is 26.8 Å². The maximum Gasteiger partial charge on any atom is 0.419 e. The molecule has 1 aromatic heterocycles. The molecule has 0 aliphatic carbocycles. The van der Waals surface area contributed by atoms with Crippen molar-refractivity contribution in [3.8, 4) is 0 Å². The molecule has 104 valence electrons. The molecule has 8 heteroatoms. The Morgan fingerprint density at radius 3 is 2.83 bits per heavy atom. The molecule has 18 heavy (non-hydrogen) atoms. The third kappa shape index (κ3) is 5.03. The lowest BCUT2D eigenvalue weighted by Gasteiger charge is -2.11. The topological polar surface area (TPSA) is 59.3 Å². The van der Waals surface area contributed by atoms with Crippen molar-refractivity contribution >= 4 is 0 Å². The van der Waals surface area contributed by atoms with Crippen LogP contribution in [0, 0.1) is 0 Å². The van der Waals surface area contributed by atoms with E-state index in [2.05, 4.69) is 10.4 Å². The van der Waals surface area contributed by atoms with Gasteiger partial charge in [-0.15, -0.1) is 0 Å². The van der Waals surface area contributed by atoms with Crippen molar-refractivity contribution in [3.63, 3.8) is 0 Å². The van der Waals surface area contributed by atoms with Gasteiger partial charge in [0.2, 0.25) is 0 Å². The van der Waals surface area contributed by atoms with Gasteiger partial charge in [0.05, 0.1) is 31.0 Å². The van der Waals surface area contributed by atoms with Crippen LogP contribution in [0.5, 0.6) is 0 Å². The van der Waals surface area contributed by atoms with Crippen LogP contribution in [0.25, 0.3) is 0 Å². The first-order chi connectivity index (χ1) is 8.43. The molecule has 1 unspecified atom stereocenters. The molecule has 0 radical (unpaired) electrons. The van der Waals surface area contributed by atoms with Gasteiger partial charge in [0, 0.05) is 26.4 Å². The third-order valence-electron chi connectivity index (χ3n) is 2.22. The first-order valence-electron chi connectivity index (χ1n) is 5.41. The molecule has 1 rings (SSSR count). The molecule has 0 bridgehead atoms. The Bertz CT molecular complexity index is 354. The summed E-state index contributed by atoms with van der Waals surface area (Å²) in [6.45, 7) is 1.35. The molecular formula is C10H16F3N3O2. The monoisotopic (exact) mass is 267 g/mol. The van der Waals surface area contributed by atoms with Crippen molar-refractivity contribution in [3.05, 3.63) is 18.0 Å². The van der Waals surface area contributed by atoms with E-state index in [1.807, 2.05) is 0 Å². The van der Waals surface area contributed by atoms with E-state index in [9.17, 15) is 18.3 Å². The Morgan fingerprint density at radius 1 is 1.56 bits per heavy atom. The standard InChI is InChI=1S/C10H16F3N3O2/c1-18-3-2-14-5-9(17)7-16-6-8(4-15-16)10(11,12)13/h4,6,9,14,17H,2-3,5,7H2,1H3. The number of hydrogen-bond acceptors (Lipinski definition) is 4. The van der Waals surface area contributed by atoms with Crippen LogP contribution in [0.15, 0.2) is 12.4 Å². The Labute approximate surface area is 103 Å². The number of aliphatic hydroxyl groups is 1. The second-order valence-electron chi connectivity index (χ2n) is 3.80. The summed E-state index contributed by atoms with van der Waals surface area (Å²) in [7, 11) is 1.56. The van der Waals surface area contributed by atoms with E-state index in [0.717, 1.165) is 17.1 Å². The average molecular weight is 267 g/mol. The molecule has 0 aliphatic rings. The van der Waals surface area contributed by atoms with Gasteiger partial charge in [-0.3, -0.25) is 4.68 Å². The van der Waals surface area contributed by atoms with E-state index >= 15 is 0 Å². The first-order valence-corrected chi connectivity index (χ1v) is 5.41. The quantitative estimate of drug-likeness (QED) is 0.706. The SMILES string of the molecule is COCCNCC(O)Cn1cc(C(F)(F)F)cn1. The van der Waals surface area contributed by atoms with Gasteiger partial charge in [-0.25, -0.2) is 0 Å².